The Morgan fingerprint density at radius 2 is 2.07 bits per heavy atom. The van der Waals surface area contributed by atoms with Crippen molar-refractivity contribution in [2.24, 2.45) is 5.16 Å². The summed E-state index contributed by atoms with van der Waals surface area (Å²) in [5.41, 5.74) is 1.29. The van der Waals surface area contributed by atoms with E-state index in [9.17, 15) is 0 Å². The molecule has 0 aliphatic heterocycles. The second kappa shape index (κ2) is 6.67. The minimum atomic E-state index is 0.437. The quantitative estimate of drug-likeness (QED) is 0.263. The van der Waals surface area contributed by atoms with Gasteiger partial charge in [0.05, 0.1) is 0 Å². The van der Waals surface area contributed by atoms with E-state index in [2.05, 4.69) is 23.9 Å². The van der Waals surface area contributed by atoms with Crippen molar-refractivity contribution >= 4 is 5.71 Å². The smallest absolute Gasteiger partial charge is 0.159 e. The summed E-state index contributed by atoms with van der Waals surface area (Å²) >= 11 is 0. The van der Waals surface area contributed by atoms with Crippen LogP contribution in [0, 0.1) is 11.8 Å². The highest BCUT2D eigenvalue weighted by molar-refractivity contribution is 6.12. The van der Waals surface area contributed by atoms with Gasteiger partial charge in [-0.05, 0) is 12.3 Å². The topological polar surface area (TPSA) is 32.6 Å². The van der Waals surface area contributed by atoms with E-state index >= 15 is 0 Å². The number of rotatable bonds is 3. The van der Waals surface area contributed by atoms with Crippen molar-refractivity contribution in [3.8, 4) is 11.8 Å². The molecule has 0 bridgehead atoms. The molecule has 1 aromatic carbocycles. The third-order valence-electron chi connectivity index (χ3n) is 2.01. The van der Waals surface area contributed by atoms with Crippen LogP contribution in [0.1, 0.15) is 31.7 Å². The van der Waals surface area contributed by atoms with E-state index in [1.54, 1.807) is 0 Å². The molecule has 0 heterocycles. The third-order valence-corrected chi connectivity index (χ3v) is 2.01. The van der Waals surface area contributed by atoms with Crippen LogP contribution in [0.15, 0.2) is 35.5 Å². The summed E-state index contributed by atoms with van der Waals surface area (Å²) < 4.78 is 0. The Labute approximate surface area is 90.6 Å². The van der Waals surface area contributed by atoms with Crippen LogP contribution in [0.4, 0.5) is 0 Å². The van der Waals surface area contributed by atoms with Crippen molar-refractivity contribution in [2.45, 2.75) is 26.2 Å². The predicted molar refractivity (Wildman–Crippen MR) is 62.1 cm³/mol. The van der Waals surface area contributed by atoms with Crippen LogP contribution in [0.3, 0.4) is 0 Å². The number of hydrogen-bond donors (Lipinski definition) is 1. The molecular weight excluding hydrogens is 186 g/mol. The Balaban J connectivity index is 2.69. The van der Waals surface area contributed by atoms with Crippen LogP contribution in [0.2, 0.25) is 0 Å². The van der Waals surface area contributed by atoms with Crippen LogP contribution in [0.5, 0.6) is 0 Å². The lowest BCUT2D eigenvalue weighted by atomic mass is 10.1. The average Bonchev–Trinajstić information content (AvgIpc) is 2.30. The Bertz CT molecular complexity index is 371. The van der Waals surface area contributed by atoms with Gasteiger partial charge < -0.3 is 5.21 Å². The van der Waals surface area contributed by atoms with E-state index in [0.717, 1.165) is 24.8 Å². The third kappa shape index (κ3) is 3.86. The highest BCUT2D eigenvalue weighted by Crippen LogP contribution is 2.00. The van der Waals surface area contributed by atoms with Crippen molar-refractivity contribution < 1.29 is 5.21 Å². The Kier molecular flexibility index (Phi) is 5.03. The van der Waals surface area contributed by atoms with Gasteiger partial charge in [0.25, 0.3) is 0 Å². The summed E-state index contributed by atoms with van der Waals surface area (Å²) in [6.07, 6.45) is 3.06. The first-order valence-corrected chi connectivity index (χ1v) is 5.14. The summed E-state index contributed by atoms with van der Waals surface area (Å²) in [6.45, 7) is 2.12. The molecular formula is C13H15NO. The molecule has 0 radical (unpaired) electrons. The maximum Gasteiger partial charge on any atom is 0.159 e. The highest BCUT2D eigenvalue weighted by atomic mass is 16.4. The maximum absolute atomic E-state index is 8.82. The second-order valence-corrected chi connectivity index (χ2v) is 3.22. The molecule has 0 aromatic heterocycles. The highest BCUT2D eigenvalue weighted by Gasteiger charge is 1.97. The summed E-state index contributed by atoms with van der Waals surface area (Å²) in [4.78, 5) is 0. The van der Waals surface area contributed by atoms with Crippen LogP contribution in [0.25, 0.3) is 0 Å². The van der Waals surface area contributed by atoms with Crippen molar-refractivity contribution in [3.05, 3.63) is 35.9 Å². The fourth-order valence-electron chi connectivity index (χ4n) is 1.16. The lowest BCUT2D eigenvalue weighted by Crippen LogP contribution is -1.96. The molecule has 0 spiro atoms. The molecule has 0 amide bonds. The maximum atomic E-state index is 8.82. The molecule has 0 atom stereocenters. The first-order chi connectivity index (χ1) is 7.38. The van der Waals surface area contributed by atoms with Gasteiger partial charge in [-0.25, -0.2) is 0 Å². The molecule has 0 unspecified atom stereocenters. The zero-order valence-corrected chi connectivity index (χ0v) is 8.90. The van der Waals surface area contributed by atoms with E-state index in [-0.39, 0.29) is 0 Å². The molecule has 1 rings (SSSR count). The molecule has 0 fully saturated rings. The lowest BCUT2D eigenvalue weighted by Gasteiger charge is -1.94. The summed E-state index contributed by atoms with van der Waals surface area (Å²) in [6, 6.07) is 9.47. The lowest BCUT2D eigenvalue weighted by molar-refractivity contribution is 0.320. The van der Waals surface area contributed by atoms with Crippen molar-refractivity contribution in [2.75, 3.05) is 0 Å². The zero-order chi connectivity index (χ0) is 10.9. The largest absolute Gasteiger partial charge is 0.410 e. The van der Waals surface area contributed by atoms with E-state index in [0.29, 0.717) is 5.71 Å². The van der Waals surface area contributed by atoms with Crippen molar-refractivity contribution in [3.63, 3.8) is 0 Å². The molecule has 15 heavy (non-hydrogen) atoms. The van der Waals surface area contributed by atoms with Gasteiger partial charge >= 0.3 is 0 Å². The number of benzene rings is 1. The molecule has 78 valence electrons. The van der Waals surface area contributed by atoms with Crippen LogP contribution in [-0.4, -0.2) is 10.9 Å². The Hall–Kier alpha value is -1.75. The van der Waals surface area contributed by atoms with E-state index in [4.69, 9.17) is 5.21 Å². The number of nitrogens with zero attached hydrogens (tertiary/aromatic N) is 1. The molecule has 1 aromatic rings. The molecule has 0 saturated heterocycles. The second-order valence-electron chi connectivity index (χ2n) is 3.22. The molecule has 0 saturated carbocycles. The first kappa shape index (κ1) is 11.3. The van der Waals surface area contributed by atoms with Gasteiger partial charge in [0.1, 0.15) is 0 Å². The minimum absolute atomic E-state index is 0.437. The first-order valence-electron chi connectivity index (χ1n) is 5.14. The molecule has 1 N–H and O–H groups in total. The van der Waals surface area contributed by atoms with Gasteiger partial charge in [0.15, 0.2) is 5.71 Å². The monoisotopic (exact) mass is 201 g/mol. The number of hydrogen-bond acceptors (Lipinski definition) is 2. The standard InChI is InChI=1S/C13H15NO/c1-2-3-4-8-11-13(14-15)12-9-6-5-7-10-12/h5-7,9-10,15H,2-4H2,1H3/b14-13+. The van der Waals surface area contributed by atoms with Gasteiger partial charge in [0, 0.05) is 12.0 Å². The average molecular weight is 201 g/mol. The van der Waals surface area contributed by atoms with Gasteiger partial charge in [-0.1, -0.05) is 54.8 Å². The predicted octanol–water partition coefficient (Wildman–Crippen LogP) is 3.06. The number of oxime groups is 1. The zero-order valence-electron chi connectivity index (χ0n) is 8.90. The molecule has 0 aliphatic rings. The van der Waals surface area contributed by atoms with Crippen molar-refractivity contribution in [1.29, 1.82) is 0 Å². The SMILES string of the molecule is CCCCC#C/C(=N\O)c1ccccc1. The van der Waals surface area contributed by atoms with E-state index < -0.39 is 0 Å². The Morgan fingerprint density at radius 1 is 1.33 bits per heavy atom. The van der Waals surface area contributed by atoms with Crippen molar-refractivity contribution in [1.82, 2.24) is 0 Å². The fourth-order valence-corrected chi connectivity index (χ4v) is 1.16. The molecule has 2 nitrogen and oxygen atoms in total. The van der Waals surface area contributed by atoms with E-state index in [1.807, 2.05) is 30.3 Å². The van der Waals surface area contributed by atoms with Crippen LogP contribution < -0.4 is 0 Å². The van der Waals surface area contributed by atoms with Gasteiger partial charge in [-0.15, -0.1) is 0 Å². The van der Waals surface area contributed by atoms with Crippen LogP contribution >= 0.6 is 0 Å². The minimum Gasteiger partial charge on any atom is -0.410 e. The van der Waals surface area contributed by atoms with Gasteiger partial charge in [0.2, 0.25) is 0 Å². The van der Waals surface area contributed by atoms with E-state index in [1.165, 1.54) is 0 Å². The summed E-state index contributed by atoms with van der Waals surface area (Å²) in [5.74, 6) is 5.87. The van der Waals surface area contributed by atoms with Gasteiger partial charge in [-0.2, -0.15) is 0 Å². The summed E-state index contributed by atoms with van der Waals surface area (Å²) in [7, 11) is 0. The Morgan fingerprint density at radius 3 is 2.67 bits per heavy atom. The molecule has 0 aliphatic carbocycles. The summed E-state index contributed by atoms with van der Waals surface area (Å²) in [5, 5.41) is 12.0. The number of unbranched alkanes of at least 4 members (excludes halogenated alkanes) is 2. The van der Waals surface area contributed by atoms with Crippen LogP contribution in [-0.2, 0) is 0 Å². The molecule has 2 heteroatoms. The fraction of sp³-hybridized carbons (Fsp3) is 0.308. The normalized spacial score (nSPS) is 10.6. The van der Waals surface area contributed by atoms with Gasteiger partial charge in [-0.3, -0.25) is 0 Å².